The third kappa shape index (κ3) is 4.32. The molecule has 0 radical (unpaired) electrons. The number of fused-ring (bicyclic) bond motifs is 5. The molecule has 44 heavy (non-hydrogen) atoms. The zero-order valence-electron chi connectivity index (χ0n) is 23.9. The summed E-state index contributed by atoms with van der Waals surface area (Å²) in [6.07, 6.45) is 8.91. The average Bonchev–Trinajstić information content (AvgIpc) is 3.66. The van der Waals surface area contributed by atoms with E-state index >= 15 is 4.39 Å². The standard InChI is InChI=1S/C32H30F3N7O2/c1-2-22-24(34)7-4-17-10-21(43)11-23(25(17)22)27-26(35)28-29(40-39-27)30(41-14-19-5-6-20(15-41)36-19)38-31(37-28)44-16-32-8-3-9-42(32)13-18(33)12-32/h1,4,7,10-11,18-20,36,43H,3,5-6,8-9,12-16H2/t18-,19-,20+,32+/m1/s1. The molecule has 12 heteroatoms. The van der Waals surface area contributed by atoms with Crippen LogP contribution in [0.3, 0.4) is 0 Å². The maximum absolute atomic E-state index is 16.7. The van der Waals surface area contributed by atoms with Gasteiger partial charge in [0, 0.05) is 49.1 Å². The summed E-state index contributed by atoms with van der Waals surface area (Å²) in [5, 5.41) is 23.4. The lowest BCUT2D eigenvalue weighted by Gasteiger charge is -2.34. The van der Waals surface area contributed by atoms with E-state index in [-0.39, 0.29) is 63.7 Å². The Morgan fingerprint density at radius 3 is 2.70 bits per heavy atom. The van der Waals surface area contributed by atoms with Crippen LogP contribution in [-0.4, -0.2) is 86.8 Å². The maximum atomic E-state index is 16.7. The van der Waals surface area contributed by atoms with E-state index in [0.29, 0.717) is 37.3 Å². The highest BCUT2D eigenvalue weighted by atomic mass is 19.1. The minimum atomic E-state index is -0.923. The number of hydrogen-bond acceptors (Lipinski definition) is 9. The molecular formula is C32H30F3N7O2. The molecular weight excluding hydrogens is 571 g/mol. The number of nitrogens with zero attached hydrogens (tertiary/aromatic N) is 6. The van der Waals surface area contributed by atoms with Crippen LogP contribution in [0.15, 0.2) is 24.3 Å². The molecule has 0 saturated carbocycles. The first-order valence-corrected chi connectivity index (χ1v) is 15.0. The van der Waals surface area contributed by atoms with Gasteiger partial charge in [-0.1, -0.05) is 12.0 Å². The zero-order chi connectivity index (χ0) is 30.2. The summed E-state index contributed by atoms with van der Waals surface area (Å²) in [5.74, 6) is 1.10. The van der Waals surface area contributed by atoms with Crippen LogP contribution < -0.4 is 15.0 Å². The molecule has 4 atom stereocenters. The van der Waals surface area contributed by atoms with Gasteiger partial charge in [-0.2, -0.15) is 9.97 Å². The van der Waals surface area contributed by atoms with E-state index in [2.05, 4.69) is 36.2 Å². The second-order valence-corrected chi connectivity index (χ2v) is 12.5. The number of anilines is 1. The number of terminal acetylenes is 1. The molecule has 2 bridgehead atoms. The molecule has 2 aromatic heterocycles. The second kappa shape index (κ2) is 10.2. The number of aromatic hydroxyl groups is 1. The molecule has 2 aromatic carbocycles. The molecule has 4 aliphatic rings. The van der Waals surface area contributed by atoms with Crippen molar-refractivity contribution >= 4 is 27.6 Å². The van der Waals surface area contributed by atoms with E-state index in [1.54, 1.807) is 0 Å². The van der Waals surface area contributed by atoms with Crippen LogP contribution in [0.1, 0.15) is 37.7 Å². The van der Waals surface area contributed by atoms with Gasteiger partial charge in [0.25, 0.3) is 0 Å². The molecule has 0 spiro atoms. The highest BCUT2D eigenvalue weighted by Gasteiger charge is 2.49. The monoisotopic (exact) mass is 601 g/mol. The number of phenolic OH excluding ortho intramolecular Hbond substituents is 1. The first-order chi connectivity index (χ1) is 21.3. The van der Waals surface area contributed by atoms with Crippen molar-refractivity contribution < 1.29 is 23.0 Å². The summed E-state index contributed by atoms with van der Waals surface area (Å²) < 4.78 is 52.1. The van der Waals surface area contributed by atoms with Gasteiger partial charge in [0.15, 0.2) is 17.2 Å². The Hall–Kier alpha value is -4.21. The highest BCUT2D eigenvalue weighted by molar-refractivity contribution is 6.02. The molecule has 9 nitrogen and oxygen atoms in total. The van der Waals surface area contributed by atoms with Gasteiger partial charge in [0.2, 0.25) is 0 Å². The summed E-state index contributed by atoms with van der Waals surface area (Å²) in [6, 6.07) is 5.87. The Morgan fingerprint density at radius 1 is 1.09 bits per heavy atom. The molecule has 2 N–H and O–H groups in total. The van der Waals surface area contributed by atoms with Gasteiger partial charge in [0.05, 0.1) is 11.1 Å². The Balaban J connectivity index is 1.28. The number of piperazine rings is 1. The van der Waals surface area contributed by atoms with Crippen molar-refractivity contribution in [2.24, 2.45) is 0 Å². The fourth-order valence-electron chi connectivity index (χ4n) is 7.75. The lowest BCUT2D eigenvalue weighted by atomic mass is 9.95. The molecule has 8 rings (SSSR count). The van der Waals surface area contributed by atoms with Crippen molar-refractivity contribution in [3.05, 3.63) is 41.5 Å². The zero-order valence-corrected chi connectivity index (χ0v) is 23.9. The number of aromatic nitrogens is 4. The van der Waals surface area contributed by atoms with Crippen molar-refractivity contribution in [3.8, 4) is 35.4 Å². The molecule has 0 amide bonds. The van der Waals surface area contributed by atoms with Gasteiger partial charge in [-0.25, -0.2) is 13.2 Å². The van der Waals surface area contributed by atoms with E-state index < -0.39 is 23.3 Å². The SMILES string of the molecule is C#Cc1c(F)ccc2cc(O)cc(-c3nnc4c(N5C[C@H]6CC[C@@H](C5)N6)nc(OC[C@@]56CCCN5C[C@H](F)C6)nc4c3F)c12. The summed E-state index contributed by atoms with van der Waals surface area (Å²) in [5.41, 5.74) is -0.631. The van der Waals surface area contributed by atoms with Crippen LogP contribution >= 0.6 is 0 Å². The van der Waals surface area contributed by atoms with Crippen LogP contribution in [0, 0.1) is 24.0 Å². The molecule has 226 valence electrons. The van der Waals surface area contributed by atoms with Gasteiger partial charge in [-0.05, 0) is 55.8 Å². The highest BCUT2D eigenvalue weighted by Crippen LogP contribution is 2.41. The number of halogens is 3. The minimum Gasteiger partial charge on any atom is -0.508 e. The smallest absolute Gasteiger partial charge is 0.319 e. The Kier molecular flexibility index (Phi) is 6.32. The van der Waals surface area contributed by atoms with Gasteiger partial charge in [0.1, 0.15) is 35.6 Å². The molecule has 0 aliphatic carbocycles. The van der Waals surface area contributed by atoms with Crippen LogP contribution in [0.4, 0.5) is 19.0 Å². The maximum Gasteiger partial charge on any atom is 0.319 e. The van der Waals surface area contributed by atoms with E-state index in [1.807, 2.05) is 0 Å². The van der Waals surface area contributed by atoms with Crippen molar-refractivity contribution in [2.75, 3.05) is 37.7 Å². The largest absolute Gasteiger partial charge is 0.508 e. The van der Waals surface area contributed by atoms with Crippen molar-refractivity contribution in [3.63, 3.8) is 0 Å². The van der Waals surface area contributed by atoms with Gasteiger partial charge in [-0.15, -0.1) is 16.6 Å². The number of benzene rings is 2. The minimum absolute atomic E-state index is 0.0316. The van der Waals surface area contributed by atoms with E-state index in [4.69, 9.17) is 16.1 Å². The normalized spacial score (nSPS) is 26.4. The number of nitrogens with one attached hydrogen (secondary N) is 1. The summed E-state index contributed by atoms with van der Waals surface area (Å²) >= 11 is 0. The molecule has 4 aliphatic heterocycles. The summed E-state index contributed by atoms with van der Waals surface area (Å²) in [6.45, 7) is 2.66. The van der Waals surface area contributed by atoms with Crippen molar-refractivity contribution in [2.45, 2.75) is 55.9 Å². The van der Waals surface area contributed by atoms with Crippen LogP contribution in [-0.2, 0) is 0 Å². The van der Waals surface area contributed by atoms with Crippen molar-refractivity contribution in [1.82, 2.24) is 30.4 Å². The molecule has 4 fully saturated rings. The third-order valence-electron chi connectivity index (χ3n) is 9.71. The first kappa shape index (κ1) is 27.3. The second-order valence-electron chi connectivity index (χ2n) is 12.5. The number of phenols is 1. The molecule has 4 saturated heterocycles. The van der Waals surface area contributed by atoms with E-state index in [0.717, 1.165) is 32.2 Å². The van der Waals surface area contributed by atoms with Gasteiger partial charge in [-0.3, -0.25) is 4.90 Å². The number of hydrogen-bond donors (Lipinski definition) is 2. The lowest BCUT2D eigenvalue weighted by molar-refractivity contribution is 0.107. The number of ether oxygens (including phenoxy) is 1. The average molecular weight is 602 g/mol. The summed E-state index contributed by atoms with van der Waals surface area (Å²) in [4.78, 5) is 13.4. The van der Waals surface area contributed by atoms with E-state index in [1.165, 1.54) is 24.3 Å². The Labute approximate surface area is 251 Å². The molecule has 0 unspecified atom stereocenters. The fourth-order valence-corrected chi connectivity index (χ4v) is 7.75. The molecule has 6 heterocycles. The third-order valence-corrected chi connectivity index (χ3v) is 9.71. The number of alkyl halides is 1. The number of rotatable bonds is 5. The topological polar surface area (TPSA) is 99.5 Å². The summed E-state index contributed by atoms with van der Waals surface area (Å²) in [7, 11) is 0. The lowest BCUT2D eigenvalue weighted by Crippen LogP contribution is -2.51. The Morgan fingerprint density at radius 2 is 1.91 bits per heavy atom. The van der Waals surface area contributed by atoms with Crippen LogP contribution in [0.5, 0.6) is 11.8 Å². The van der Waals surface area contributed by atoms with E-state index in [9.17, 15) is 13.9 Å². The Bertz CT molecular complexity index is 1850. The molecule has 4 aromatic rings. The van der Waals surface area contributed by atoms with Gasteiger partial charge < -0.3 is 20.1 Å². The predicted octanol–water partition coefficient (Wildman–Crippen LogP) is 4.10. The fraction of sp³-hybridized carbons (Fsp3) is 0.438. The van der Waals surface area contributed by atoms with Crippen LogP contribution in [0.2, 0.25) is 0 Å². The van der Waals surface area contributed by atoms with Crippen LogP contribution in [0.25, 0.3) is 33.1 Å². The van der Waals surface area contributed by atoms with Gasteiger partial charge >= 0.3 is 6.01 Å². The quantitative estimate of drug-likeness (QED) is 0.328. The van der Waals surface area contributed by atoms with Crippen molar-refractivity contribution in [1.29, 1.82) is 0 Å². The predicted molar refractivity (Wildman–Crippen MR) is 158 cm³/mol. The first-order valence-electron chi connectivity index (χ1n) is 15.0.